The van der Waals surface area contributed by atoms with Crippen molar-refractivity contribution < 1.29 is 13.2 Å². The molecule has 0 saturated carbocycles. The van der Waals surface area contributed by atoms with Crippen LogP contribution in [-0.4, -0.2) is 30.9 Å². The van der Waals surface area contributed by atoms with Crippen LogP contribution in [0.15, 0.2) is 17.6 Å². The number of aromatic nitrogens is 2. The van der Waals surface area contributed by atoms with E-state index in [1.54, 1.807) is 11.6 Å². The van der Waals surface area contributed by atoms with Gasteiger partial charge in [0.05, 0.1) is 6.33 Å². The van der Waals surface area contributed by atoms with Crippen molar-refractivity contribution in [1.29, 1.82) is 0 Å². The van der Waals surface area contributed by atoms with Crippen molar-refractivity contribution in [2.75, 3.05) is 7.05 Å². The van der Waals surface area contributed by atoms with Gasteiger partial charge in [0.15, 0.2) is 5.03 Å². The number of halogens is 1. The first-order valence-electron chi connectivity index (χ1n) is 4.60. The van der Waals surface area contributed by atoms with Crippen LogP contribution < -0.4 is 5.32 Å². The standard InChI is InChI=1S/C8H12ClN3O3S/c1-10-7(13)3-2-4-12-5-8(11-6-12)16(9,14)15/h5-6H,2-4H2,1H3,(H,10,13). The zero-order valence-electron chi connectivity index (χ0n) is 8.68. The molecule has 16 heavy (non-hydrogen) atoms. The van der Waals surface area contributed by atoms with E-state index in [1.165, 1.54) is 12.5 Å². The lowest BCUT2D eigenvalue weighted by Crippen LogP contribution is -2.17. The van der Waals surface area contributed by atoms with Gasteiger partial charge in [-0.2, -0.15) is 0 Å². The average molecular weight is 266 g/mol. The van der Waals surface area contributed by atoms with Gasteiger partial charge in [0.25, 0.3) is 9.05 Å². The second-order valence-corrected chi connectivity index (χ2v) is 5.68. The topological polar surface area (TPSA) is 81.1 Å². The average Bonchev–Trinajstić information content (AvgIpc) is 2.65. The van der Waals surface area contributed by atoms with E-state index in [-0.39, 0.29) is 10.9 Å². The van der Waals surface area contributed by atoms with Gasteiger partial charge in [-0.15, -0.1) is 0 Å². The molecule has 1 aromatic heterocycles. The lowest BCUT2D eigenvalue weighted by atomic mass is 10.3. The number of carbonyl (C=O) groups excluding carboxylic acids is 1. The predicted molar refractivity (Wildman–Crippen MR) is 58.6 cm³/mol. The van der Waals surface area contributed by atoms with Crippen LogP contribution in [0.5, 0.6) is 0 Å². The molecule has 0 saturated heterocycles. The summed E-state index contributed by atoms with van der Waals surface area (Å²) >= 11 is 0. The molecule has 0 fully saturated rings. The van der Waals surface area contributed by atoms with Crippen molar-refractivity contribution in [2.45, 2.75) is 24.4 Å². The Hall–Kier alpha value is -1.08. The third kappa shape index (κ3) is 3.82. The summed E-state index contributed by atoms with van der Waals surface area (Å²) < 4.78 is 23.4. The fourth-order valence-corrected chi connectivity index (χ4v) is 1.81. The maximum Gasteiger partial charge on any atom is 0.280 e. The summed E-state index contributed by atoms with van der Waals surface area (Å²) in [5, 5.41) is 2.33. The number of nitrogens with one attached hydrogen (secondary N) is 1. The number of nitrogens with zero attached hydrogens (tertiary/aromatic N) is 2. The van der Waals surface area contributed by atoms with Crippen molar-refractivity contribution >= 4 is 25.6 Å². The Morgan fingerprint density at radius 1 is 1.62 bits per heavy atom. The van der Waals surface area contributed by atoms with Crippen LogP contribution in [0, 0.1) is 0 Å². The fraction of sp³-hybridized carbons (Fsp3) is 0.500. The first kappa shape index (κ1) is 13.0. The van der Waals surface area contributed by atoms with E-state index in [4.69, 9.17) is 10.7 Å². The molecule has 6 nitrogen and oxygen atoms in total. The maximum atomic E-state index is 10.9. The van der Waals surface area contributed by atoms with Gasteiger partial charge in [0.2, 0.25) is 5.91 Å². The van der Waals surface area contributed by atoms with Crippen molar-refractivity contribution in [1.82, 2.24) is 14.9 Å². The van der Waals surface area contributed by atoms with Crippen LogP contribution in [0.25, 0.3) is 0 Å². The first-order valence-corrected chi connectivity index (χ1v) is 6.91. The van der Waals surface area contributed by atoms with E-state index >= 15 is 0 Å². The molecule has 0 bridgehead atoms. The Balaban J connectivity index is 2.51. The van der Waals surface area contributed by atoms with Crippen molar-refractivity contribution in [3.05, 3.63) is 12.5 Å². The van der Waals surface area contributed by atoms with Crippen molar-refractivity contribution in [3.8, 4) is 0 Å². The van der Waals surface area contributed by atoms with Crippen LogP contribution in [0.3, 0.4) is 0 Å². The molecule has 0 radical (unpaired) electrons. The van der Waals surface area contributed by atoms with Gasteiger partial charge in [-0.1, -0.05) is 0 Å². The van der Waals surface area contributed by atoms with Gasteiger partial charge < -0.3 is 9.88 Å². The molecule has 1 N–H and O–H groups in total. The Labute approximate surface area is 98.0 Å². The van der Waals surface area contributed by atoms with E-state index in [1.807, 2.05) is 0 Å². The molecule has 0 aliphatic carbocycles. The molecule has 1 heterocycles. The van der Waals surface area contributed by atoms with Gasteiger partial charge in [-0.3, -0.25) is 4.79 Å². The van der Waals surface area contributed by atoms with Crippen LogP contribution in [-0.2, 0) is 20.4 Å². The summed E-state index contributed by atoms with van der Waals surface area (Å²) in [5.74, 6) is -0.0506. The van der Waals surface area contributed by atoms with E-state index in [2.05, 4.69) is 10.3 Å². The summed E-state index contributed by atoms with van der Waals surface area (Å²) in [6, 6.07) is 0. The monoisotopic (exact) mass is 265 g/mol. The molecule has 0 aromatic carbocycles. The van der Waals surface area contributed by atoms with E-state index in [9.17, 15) is 13.2 Å². The molecular formula is C8H12ClN3O3S. The Bertz CT molecular complexity index is 469. The number of imidazole rings is 1. The largest absolute Gasteiger partial charge is 0.359 e. The SMILES string of the molecule is CNC(=O)CCCn1cnc(S(=O)(=O)Cl)c1. The number of carbonyl (C=O) groups is 1. The number of amides is 1. The van der Waals surface area contributed by atoms with Gasteiger partial charge >= 0.3 is 0 Å². The maximum absolute atomic E-state index is 10.9. The lowest BCUT2D eigenvalue weighted by molar-refractivity contribution is -0.120. The van der Waals surface area contributed by atoms with Crippen LogP contribution >= 0.6 is 10.7 Å². The molecule has 1 aromatic rings. The molecule has 0 aliphatic rings. The number of hydrogen-bond acceptors (Lipinski definition) is 4. The van der Waals surface area contributed by atoms with E-state index in [0.29, 0.717) is 19.4 Å². The van der Waals surface area contributed by atoms with Crippen LogP contribution in [0.2, 0.25) is 0 Å². The number of aryl methyl sites for hydroxylation is 1. The zero-order chi connectivity index (χ0) is 12.2. The minimum atomic E-state index is -3.77. The lowest BCUT2D eigenvalue weighted by Gasteiger charge is -2.00. The Morgan fingerprint density at radius 3 is 2.81 bits per heavy atom. The number of rotatable bonds is 5. The number of hydrogen-bond donors (Lipinski definition) is 1. The highest BCUT2D eigenvalue weighted by atomic mass is 35.7. The highest BCUT2D eigenvalue weighted by Gasteiger charge is 2.13. The highest BCUT2D eigenvalue weighted by Crippen LogP contribution is 2.11. The third-order valence-corrected chi connectivity index (χ3v) is 3.14. The van der Waals surface area contributed by atoms with Gasteiger partial charge in [-0.05, 0) is 6.42 Å². The molecule has 8 heteroatoms. The highest BCUT2D eigenvalue weighted by molar-refractivity contribution is 8.13. The van der Waals surface area contributed by atoms with Gasteiger partial charge in [0, 0.05) is 36.9 Å². The first-order chi connectivity index (χ1) is 7.43. The second kappa shape index (κ2) is 5.31. The quantitative estimate of drug-likeness (QED) is 0.779. The molecule has 90 valence electrons. The van der Waals surface area contributed by atoms with Crippen molar-refractivity contribution in [2.24, 2.45) is 0 Å². The van der Waals surface area contributed by atoms with E-state index < -0.39 is 9.05 Å². The molecule has 1 rings (SSSR count). The van der Waals surface area contributed by atoms with Gasteiger partial charge in [0.1, 0.15) is 0 Å². The molecule has 0 unspecified atom stereocenters. The minimum absolute atomic E-state index is 0.0506. The van der Waals surface area contributed by atoms with Crippen molar-refractivity contribution in [3.63, 3.8) is 0 Å². The molecule has 0 aliphatic heterocycles. The predicted octanol–water partition coefficient (Wildman–Crippen LogP) is 0.337. The summed E-state index contributed by atoms with van der Waals surface area (Å²) in [5.41, 5.74) is 0. The Kier molecular flexibility index (Phi) is 4.31. The second-order valence-electron chi connectivity index (χ2n) is 3.16. The normalized spacial score (nSPS) is 11.4. The summed E-state index contributed by atoms with van der Waals surface area (Å²) in [6.07, 6.45) is 3.71. The smallest absolute Gasteiger partial charge is 0.280 e. The fourth-order valence-electron chi connectivity index (χ4n) is 1.13. The molecule has 0 atom stereocenters. The Morgan fingerprint density at radius 2 is 2.31 bits per heavy atom. The zero-order valence-corrected chi connectivity index (χ0v) is 10.3. The summed E-state index contributed by atoms with van der Waals surface area (Å²) in [6.45, 7) is 0.521. The van der Waals surface area contributed by atoms with Crippen LogP contribution in [0.1, 0.15) is 12.8 Å². The third-order valence-electron chi connectivity index (χ3n) is 1.96. The van der Waals surface area contributed by atoms with Crippen LogP contribution in [0.4, 0.5) is 0 Å². The minimum Gasteiger partial charge on any atom is -0.359 e. The molecule has 1 amide bonds. The van der Waals surface area contributed by atoms with E-state index in [0.717, 1.165) is 0 Å². The summed E-state index contributed by atoms with van der Waals surface area (Å²) in [4.78, 5) is 14.6. The molecule has 0 spiro atoms. The molecular weight excluding hydrogens is 254 g/mol. The summed E-state index contributed by atoms with van der Waals surface area (Å²) in [7, 11) is 2.91. The van der Waals surface area contributed by atoms with Gasteiger partial charge in [-0.25, -0.2) is 13.4 Å².